The molecular weight excluding hydrogens is 493 g/mol. The van der Waals surface area contributed by atoms with Gasteiger partial charge in [0.15, 0.2) is 0 Å². The molecule has 196 valence electrons. The summed E-state index contributed by atoms with van der Waals surface area (Å²) in [6, 6.07) is 18.1. The molecule has 3 aromatic carbocycles. The van der Waals surface area contributed by atoms with Crippen molar-refractivity contribution in [3.63, 3.8) is 0 Å². The van der Waals surface area contributed by atoms with Crippen molar-refractivity contribution in [3.05, 3.63) is 95.3 Å². The van der Waals surface area contributed by atoms with E-state index in [9.17, 15) is 22.4 Å². The van der Waals surface area contributed by atoms with E-state index in [4.69, 9.17) is 0 Å². The Morgan fingerprint density at radius 1 is 0.919 bits per heavy atom. The lowest BCUT2D eigenvalue weighted by Gasteiger charge is -2.32. The minimum absolute atomic E-state index is 0.0314. The minimum atomic E-state index is -4.14. The van der Waals surface area contributed by atoms with E-state index < -0.39 is 40.2 Å². The Hall–Kier alpha value is -3.72. The molecule has 0 radical (unpaired) electrons. The smallest absolute Gasteiger partial charge is 0.264 e. The fourth-order valence-electron chi connectivity index (χ4n) is 3.79. The van der Waals surface area contributed by atoms with Crippen molar-refractivity contribution in [2.75, 3.05) is 17.4 Å². The second-order valence-electron chi connectivity index (χ2n) is 8.84. The number of carbonyl (C=O) groups excluding carboxylic acids is 2. The van der Waals surface area contributed by atoms with Crippen LogP contribution < -0.4 is 9.62 Å². The monoisotopic (exact) mass is 525 g/mol. The van der Waals surface area contributed by atoms with E-state index in [2.05, 4.69) is 5.32 Å². The summed E-state index contributed by atoms with van der Waals surface area (Å²) >= 11 is 0. The number of carbonyl (C=O) groups is 2. The van der Waals surface area contributed by atoms with Crippen LogP contribution in [0.4, 0.5) is 10.1 Å². The largest absolute Gasteiger partial charge is 0.355 e. The molecule has 0 heterocycles. The van der Waals surface area contributed by atoms with Crippen LogP contribution in [-0.2, 0) is 26.2 Å². The summed E-state index contributed by atoms with van der Waals surface area (Å²) in [5.41, 5.74) is 2.34. The third kappa shape index (κ3) is 6.74. The number of benzene rings is 3. The number of hydrogen-bond donors (Lipinski definition) is 1. The molecule has 1 N–H and O–H groups in total. The van der Waals surface area contributed by atoms with Crippen molar-refractivity contribution in [2.45, 2.75) is 45.2 Å². The van der Waals surface area contributed by atoms with Crippen LogP contribution in [0.2, 0.25) is 0 Å². The van der Waals surface area contributed by atoms with Crippen molar-refractivity contribution >= 4 is 27.5 Å². The lowest BCUT2D eigenvalue weighted by Crippen LogP contribution is -2.51. The van der Waals surface area contributed by atoms with Gasteiger partial charge in [-0.2, -0.15) is 0 Å². The highest BCUT2D eigenvalue weighted by Gasteiger charge is 2.32. The molecule has 37 heavy (non-hydrogen) atoms. The van der Waals surface area contributed by atoms with Crippen LogP contribution in [0.5, 0.6) is 0 Å². The van der Waals surface area contributed by atoms with Gasteiger partial charge in [0.25, 0.3) is 10.0 Å². The summed E-state index contributed by atoms with van der Waals surface area (Å²) in [4.78, 5) is 27.6. The Morgan fingerprint density at radius 2 is 1.49 bits per heavy atom. The SMILES string of the molecule is CCNC(=O)C(C)N(Cc1ccccc1F)C(=O)CN(c1ccc(C)cc1)S(=O)(=O)c1ccc(C)cc1. The zero-order chi connectivity index (χ0) is 27.2. The van der Waals surface area contributed by atoms with Gasteiger partial charge in [-0.3, -0.25) is 13.9 Å². The van der Waals surface area contributed by atoms with Gasteiger partial charge < -0.3 is 10.2 Å². The molecule has 0 aliphatic rings. The molecule has 0 saturated heterocycles. The van der Waals surface area contributed by atoms with Crippen LogP contribution in [0, 0.1) is 19.7 Å². The predicted molar refractivity (Wildman–Crippen MR) is 142 cm³/mol. The molecule has 0 aromatic heterocycles. The number of amides is 2. The lowest BCUT2D eigenvalue weighted by atomic mass is 10.1. The van der Waals surface area contributed by atoms with Crippen LogP contribution in [-0.4, -0.2) is 44.3 Å². The Labute approximate surface area is 218 Å². The molecule has 0 spiro atoms. The van der Waals surface area contributed by atoms with Gasteiger partial charge in [0.1, 0.15) is 18.4 Å². The second kappa shape index (κ2) is 12.0. The number of nitrogens with one attached hydrogen (secondary N) is 1. The summed E-state index contributed by atoms with van der Waals surface area (Å²) in [6.07, 6.45) is 0. The molecule has 9 heteroatoms. The fraction of sp³-hybridized carbons (Fsp3) is 0.286. The first-order chi connectivity index (χ1) is 17.5. The predicted octanol–water partition coefficient (Wildman–Crippen LogP) is 4.19. The van der Waals surface area contributed by atoms with Crippen LogP contribution in [0.25, 0.3) is 0 Å². The standard InChI is InChI=1S/C28H32FN3O4S/c1-5-30-28(34)22(4)31(18-23-8-6-7-9-26(23)29)27(33)19-32(24-14-10-20(2)11-15-24)37(35,36)25-16-12-21(3)13-17-25/h6-17,22H,5,18-19H2,1-4H3,(H,30,34). The van der Waals surface area contributed by atoms with Gasteiger partial charge in [-0.05, 0) is 58.0 Å². The minimum Gasteiger partial charge on any atom is -0.355 e. The number of hydrogen-bond acceptors (Lipinski definition) is 4. The van der Waals surface area contributed by atoms with Gasteiger partial charge in [0.2, 0.25) is 11.8 Å². The summed E-state index contributed by atoms with van der Waals surface area (Å²) in [5, 5.41) is 2.68. The zero-order valence-electron chi connectivity index (χ0n) is 21.4. The highest BCUT2D eigenvalue weighted by Crippen LogP contribution is 2.25. The Kier molecular flexibility index (Phi) is 9.04. The number of nitrogens with zero attached hydrogens (tertiary/aromatic N) is 2. The first-order valence-corrected chi connectivity index (χ1v) is 13.4. The molecule has 2 amide bonds. The van der Waals surface area contributed by atoms with Crippen LogP contribution in [0.15, 0.2) is 77.7 Å². The summed E-state index contributed by atoms with van der Waals surface area (Å²) in [5.74, 6) is -1.58. The average Bonchev–Trinajstić information content (AvgIpc) is 2.87. The maximum Gasteiger partial charge on any atom is 0.264 e. The highest BCUT2D eigenvalue weighted by atomic mass is 32.2. The first kappa shape index (κ1) is 27.9. The molecular formula is C28H32FN3O4S. The van der Waals surface area contributed by atoms with Crippen LogP contribution in [0.1, 0.15) is 30.5 Å². The van der Waals surface area contributed by atoms with Crippen molar-refractivity contribution in [3.8, 4) is 0 Å². The van der Waals surface area contributed by atoms with E-state index in [1.165, 1.54) is 42.2 Å². The summed E-state index contributed by atoms with van der Waals surface area (Å²) in [6.45, 7) is 6.59. The van der Waals surface area contributed by atoms with Crippen LogP contribution in [0.3, 0.4) is 0 Å². The molecule has 1 atom stereocenters. The number of aryl methyl sites for hydroxylation is 2. The number of sulfonamides is 1. The highest BCUT2D eigenvalue weighted by molar-refractivity contribution is 7.92. The number of likely N-dealkylation sites (N-methyl/N-ethyl adjacent to an activating group) is 1. The summed E-state index contributed by atoms with van der Waals surface area (Å²) < 4.78 is 43.0. The normalized spacial score (nSPS) is 12.0. The van der Waals surface area contributed by atoms with Gasteiger partial charge in [-0.25, -0.2) is 12.8 Å². The van der Waals surface area contributed by atoms with Crippen molar-refractivity contribution in [1.82, 2.24) is 10.2 Å². The molecule has 0 fully saturated rings. The Balaban J connectivity index is 2.03. The molecule has 0 saturated carbocycles. The van der Waals surface area contributed by atoms with Gasteiger partial charge in [0, 0.05) is 18.7 Å². The van der Waals surface area contributed by atoms with Crippen molar-refractivity contribution in [2.24, 2.45) is 0 Å². The van der Waals surface area contributed by atoms with Crippen LogP contribution >= 0.6 is 0 Å². The first-order valence-electron chi connectivity index (χ1n) is 12.0. The molecule has 7 nitrogen and oxygen atoms in total. The zero-order valence-corrected chi connectivity index (χ0v) is 22.3. The quantitative estimate of drug-likeness (QED) is 0.430. The van der Waals surface area contributed by atoms with E-state index in [1.54, 1.807) is 49.4 Å². The van der Waals surface area contributed by atoms with E-state index in [0.29, 0.717) is 12.2 Å². The van der Waals surface area contributed by atoms with Gasteiger partial charge in [0.05, 0.1) is 10.6 Å². The molecule has 1 unspecified atom stereocenters. The van der Waals surface area contributed by atoms with Gasteiger partial charge in [-0.15, -0.1) is 0 Å². The molecule has 0 aliphatic carbocycles. The lowest BCUT2D eigenvalue weighted by molar-refractivity contribution is -0.139. The van der Waals surface area contributed by atoms with Crippen molar-refractivity contribution < 1.29 is 22.4 Å². The Bertz CT molecular complexity index is 1340. The van der Waals surface area contributed by atoms with E-state index in [0.717, 1.165) is 15.4 Å². The number of anilines is 1. The molecule has 0 aliphatic heterocycles. The van der Waals surface area contributed by atoms with Crippen molar-refractivity contribution in [1.29, 1.82) is 0 Å². The maximum absolute atomic E-state index is 14.5. The third-order valence-corrected chi connectivity index (χ3v) is 7.81. The molecule has 3 aromatic rings. The third-order valence-electron chi connectivity index (χ3n) is 6.03. The fourth-order valence-corrected chi connectivity index (χ4v) is 5.21. The van der Waals surface area contributed by atoms with E-state index in [1.807, 2.05) is 13.8 Å². The number of halogens is 1. The molecule has 0 bridgehead atoms. The number of rotatable bonds is 10. The topological polar surface area (TPSA) is 86.8 Å². The Morgan fingerprint density at radius 3 is 2.05 bits per heavy atom. The second-order valence-corrected chi connectivity index (χ2v) is 10.7. The van der Waals surface area contributed by atoms with Gasteiger partial charge >= 0.3 is 0 Å². The average molecular weight is 526 g/mol. The van der Waals surface area contributed by atoms with E-state index in [-0.39, 0.29) is 17.0 Å². The summed E-state index contributed by atoms with van der Waals surface area (Å²) in [7, 11) is -4.14. The van der Waals surface area contributed by atoms with Gasteiger partial charge in [-0.1, -0.05) is 53.6 Å². The maximum atomic E-state index is 14.5. The molecule has 3 rings (SSSR count). The van der Waals surface area contributed by atoms with E-state index >= 15 is 0 Å².